The van der Waals surface area contributed by atoms with Crippen molar-refractivity contribution in [3.8, 4) is 5.75 Å². The molecule has 9 nitrogen and oxygen atoms in total. The van der Waals surface area contributed by atoms with E-state index < -0.39 is 39.0 Å². The fourth-order valence-corrected chi connectivity index (χ4v) is 7.03. The maximum Gasteiger partial charge on any atom is 0.387 e. The van der Waals surface area contributed by atoms with Gasteiger partial charge < -0.3 is 19.4 Å². The molecule has 1 amide bonds. The predicted octanol–water partition coefficient (Wildman–Crippen LogP) is 5.42. The first-order valence-corrected chi connectivity index (χ1v) is 15.8. The number of carbonyl (C=O) groups is 1. The number of nitrogens with one attached hydrogen (secondary N) is 2. The minimum Gasteiger partial charge on any atom is -0.434 e. The number of fused-ring (bicyclic) bond motifs is 9. The van der Waals surface area contributed by atoms with Crippen molar-refractivity contribution in [2.45, 2.75) is 63.1 Å². The van der Waals surface area contributed by atoms with Gasteiger partial charge in [0.25, 0.3) is 5.91 Å². The minimum atomic E-state index is -3.62. The highest BCUT2D eigenvalue weighted by Gasteiger charge is 2.46. The molecule has 1 fully saturated rings. The van der Waals surface area contributed by atoms with Crippen molar-refractivity contribution >= 4 is 32.5 Å². The zero-order chi connectivity index (χ0) is 31.6. The molecule has 0 radical (unpaired) electrons. The lowest BCUT2D eigenvalue weighted by Crippen LogP contribution is -2.64. The van der Waals surface area contributed by atoms with Gasteiger partial charge in [-0.1, -0.05) is 36.9 Å². The molecule has 1 saturated heterocycles. The Kier molecular flexibility index (Phi) is 7.29. The highest BCUT2D eigenvalue weighted by atomic mass is 32.2. The van der Waals surface area contributed by atoms with E-state index in [4.69, 9.17) is 14.5 Å². The molecule has 3 aromatic rings. The standard InChI is InChI=1S/C32H34F2N4O5S/c1-6-19(11-10-18(2)32(16-42-17-32)37-44(40,41)31(3,4)5)20-12-13-22-24(14-20)38-25-15-23(28(38)35-22)36-29(39)21-8-7-9-26(27(21)25)43-30(33)34/h6-14,23,25,30,37H,1,15-17H2,2-5H3,(H,36,39)/b18-10+,19-11+/t23-,25-/m1/s1. The van der Waals surface area contributed by atoms with E-state index in [0.29, 0.717) is 28.9 Å². The van der Waals surface area contributed by atoms with Crippen LogP contribution >= 0.6 is 0 Å². The normalized spacial score (nSPS) is 21.4. The first kappa shape index (κ1) is 30.2. The molecule has 0 saturated carbocycles. The van der Waals surface area contributed by atoms with Crippen molar-refractivity contribution < 1.29 is 31.5 Å². The third-order valence-corrected chi connectivity index (χ3v) is 10.9. The number of hydrogen-bond acceptors (Lipinski definition) is 6. The van der Waals surface area contributed by atoms with Crippen LogP contribution in [0.4, 0.5) is 8.78 Å². The molecule has 2 N–H and O–H groups in total. The van der Waals surface area contributed by atoms with Gasteiger partial charge >= 0.3 is 6.61 Å². The van der Waals surface area contributed by atoms with E-state index in [1.807, 2.05) is 41.8 Å². The number of hydrogen-bond donors (Lipinski definition) is 2. The largest absolute Gasteiger partial charge is 0.434 e. The maximum atomic E-state index is 13.4. The van der Waals surface area contributed by atoms with Gasteiger partial charge in [0.1, 0.15) is 17.1 Å². The van der Waals surface area contributed by atoms with Gasteiger partial charge in [0.05, 0.1) is 41.1 Å². The number of imidazole rings is 1. The lowest BCUT2D eigenvalue weighted by molar-refractivity contribution is -0.0507. The molecule has 3 aliphatic heterocycles. The average Bonchev–Trinajstić information content (AvgIpc) is 3.42. The zero-order valence-corrected chi connectivity index (χ0v) is 25.7. The molecular formula is C32H34F2N4O5S. The van der Waals surface area contributed by atoms with Crippen molar-refractivity contribution in [1.82, 2.24) is 19.6 Å². The summed E-state index contributed by atoms with van der Waals surface area (Å²) in [4.78, 5) is 17.8. The number of rotatable bonds is 8. The zero-order valence-electron chi connectivity index (χ0n) is 24.9. The van der Waals surface area contributed by atoms with Crippen molar-refractivity contribution in [3.63, 3.8) is 0 Å². The van der Waals surface area contributed by atoms with E-state index in [1.165, 1.54) is 12.1 Å². The van der Waals surface area contributed by atoms with Crippen LogP contribution in [-0.4, -0.2) is 54.0 Å². The van der Waals surface area contributed by atoms with Gasteiger partial charge in [0, 0.05) is 11.1 Å². The Bertz CT molecular complexity index is 1850. The van der Waals surface area contributed by atoms with Crippen molar-refractivity contribution in [2.24, 2.45) is 0 Å². The van der Waals surface area contributed by atoms with Crippen LogP contribution in [0.1, 0.15) is 73.5 Å². The highest BCUT2D eigenvalue weighted by molar-refractivity contribution is 7.90. The summed E-state index contributed by atoms with van der Waals surface area (Å²) in [7, 11) is -3.62. The highest BCUT2D eigenvalue weighted by Crippen LogP contribution is 2.47. The van der Waals surface area contributed by atoms with Crippen LogP contribution in [0.5, 0.6) is 5.75 Å². The maximum absolute atomic E-state index is 13.4. The van der Waals surface area contributed by atoms with Crippen LogP contribution in [0.15, 0.2) is 66.8 Å². The Morgan fingerprint density at radius 2 is 2.00 bits per heavy atom. The number of ether oxygens (including phenoxy) is 2. The fraction of sp³-hybridized carbons (Fsp3) is 0.375. The SMILES string of the molecule is C=C/C(=C\C=C(/C)C1(NS(=O)(=O)C(C)(C)C)COC1)c1ccc2nc3n(c2c1)[C@@H]1C[C@H]3NC(=O)c2cccc(OC(F)F)c21. The molecule has 44 heavy (non-hydrogen) atoms. The second-order valence-corrected chi connectivity index (χ2v) is 14.8. The van der Waals surface area contributed by atoms with E-state index >= 15 is 0 Å². The Balaban J connectivity index is 1.39. The number of carbonyl (C=O) groups excluding carboxylic acids is 1. The van der Waals surface area contributed by atoms with Crippen LogP contribution in [-0.2, 0) is 14.8 Å². The third-order valence-electron chi connectivity index (χ3n) is 8.62. The fourth-order valence-electron chi connectivity index (χ4n) is 5.93. The van der Waals surface area contributed by atoms with E-state index in [1.54, 1.807) is 32.9 Å². The summed E-state index contributed by atoms with van der Waals surface area (Å²) in [5, 5.41) is 3.00. The summed E-state index contributed by atoms with van der Waals surface area (Å²) in [5.74, 6) is 0.253. The van der Waals surface area contributed by atoms with Crippen LogP contribution in [0.3, 0.4) is 0 Å². The molecule has 4 heterocycles. The Morgan fingerprint density at radius 3 is 2.64 bits per heavy atom. The summed E-state index contributed by atoms with van der Waals surface area (Å²) in [6.07, 6.45) is 5.91. The second kappa shape index (κ2) is 10.6. The number of alkyl halides is 2. The van der Waals surface area contributed by atoms with Crippen molar-refractivity contribution in [1.29, 1.82) is 0 Å². The summed E-state index contributed by atoms with van der Waals surface area (Å²) in [6, 6.07) is 9.50. The molecule has 0 spiro atoms. The molecule has 2 atom stereocenters. The molecule has 3 aliphatic rings. The van der Waals surface area contributed by atoms with Gasteiger partial charge in [-0.25, -0.2) is 13.4 Å². The molecule has 1 aromatic heterocycles. The molecule has 2 aromatic carbocycles. The molecule has 0 aliphatic carbocycles. The predicted molar refractivity (Wildman–Crippen MR) is 163 cm³/mol. The summed E-state index contributed by atoms with van der Waals surface area (Å²) in [5.41, 5.74) is 3.74. The van der Waals surface area contributed by atoms with Crippen LogP contribution in [0.2, 0.25) is 0 Å². The minimum absolute atomic E-state index is 0.0348. The number of benzene rings is 2. The van der Waals surface area contributed by atoms with E-state index in [0.717, 1.165) is 22.2 Å². The number of nitrogens with zero attached hydrogens (tertiary/aromatic N) is 2. The monoisotopic (exact) mass is 624 g/mol. The third kappa shape index (κ3) is 4.94. The van der Waals surface area contributed by atoms with E-state index in [-0.39, 0.29) is 24.9 Å². The van der Waals surface area contributed by atoms with E-state index in [2.05, 4.69) is 16.6 Å². The Morgan fingerprint density at radius 1 is 1.25 bits per heavy atom. The Labute approximate surface area is 254 Å². The molecular weight excluding hydrogens is 590 g/mol. The number of halogens is 2. The van der Waals surface area contributed by atoms with Crippen LogP contribution in [0, 0.1) is 0 Å². The van der Waals surface area contributed by atoms with Gasteiger partial charge in [-0.05, 0) is 75.1 Å². The summed E-state index contributed by atoms with van der Waals surface area (Å²) in [6.45, 7) is 8.23. The molecule has 0 unspecified atom stereocenters. The molecule has 6 rings (SSSR count). The quantitative estimate of drug-likeness (QED) is 0.324. The topological polar surface area (TPSA) is 112 Å². The first-order valence-electron chi connectivity index (χ1n) is 14.3. The van der Waals surface area contributed by atoms with E-state index in [9.17, 15) is 22.0 Å². The molecule has 232 valence electrons. The van der Waals surface area contributed by atoms with Crippen molar-refractivity contribution in [2.75, 3.05) is 13.2 Å². The molecule has 2 bridgehead atoms. The lowest BCUT2D eigenvalue weighted by Gasteiger charge is -2.44. The smallest absolute Gasteiger partial charge is 0.387 e. The summed E-state index contributed by atoms with van der Waals surface area (Å²) < 4.78 is 66.8. The van der Waals surface area contributed by atoms with Crippen LogP contribution < -0.4 is 14.8 Å². The molecule has 12 heteroatoms. The van der Waals surface area contributed by atoms with Crippen LogP contribution in [0.25, 0.3) is 16.6 Å². The van der Waals surface area contributed by atoms with Gasteiger partial charge in [0.2, 0.25) is 10.0 Å². The number of allylic oxidation sites excluding steroid dienone is 4. The van der Waals surface area contributed by atoms with Gasteiger partial charge in [-0.2, -0.15) is 13.5 Å². The Hall–Kier alpha value is -3.87. The second-order valence-electron chi connectivity index (χ2n) is 12.4. The van der Waals surface area contributed by atoms with Gasteiger partial charge in [-0.15, -0.1) is 0 Å². The average molecular weight is 625 g/mol. The number of aromatic nitrogens is 2. The van der Waals surface area contributed by atoms with Crippen molar-refractivity contribution in [3.05, 3.63) is 89.3 Å². The lowest BCUT2D eigenvalue weighted by atomic mass is 9.89. The van der Waals surface area contributed by atoms with Gasteiger partial charge in [0.15, 0.2) is 0 Å². The summed E-state index contributed by atoms with van der Waals surface area (Å²) >= 11 is 0. The first-order chi connectivity index (χ1) is 20.7. The number of amides is 1. The number of sulfonamides is 1. The van der Waals surface area contributed by atoms with Gasteiger partial charge in [-0.3, -0.25) is 4.79 Å².